The van der Waals surface area contributed by atoms with Crippen LogP contribution in [0.4, 0.5) is 5.69 Å². The molecule has 2 aromatic carbocycles. The van der Waals surface area contributed by atoms with Gasteiger partial charge < -0.3 is 16.2 Å². The molecule has 0 unspecified atom stereocenters. The Balaban J connectivity index is 1.88. The molecule has 4 heteroatoms. The summed E-state index contributed by atoms with van der Waals surface area (Å²) in [5.74, 6) is 0.824. The third kappa shape index (κ3) is 2.96. The molecule has 4 N–H and O–H groups in total. The van der Waals surface area contributed by atoms with Crippen LogP contribution in [0.15, 0.2) is 47.4 Å². The van der Waals surface area contributed by atoms with E-state index in [1.54, 1.807) is 11.8 Å². The molecule has 0 radical (unpaired) electrons. The van der Waals surface area contributed by atoms with Crippen LogP contribution in [0.1, 0.15) is 29.5 Å². The monoisotopic (exact) mass is 298 g/mol. The summed E-state index contributed by atoms with van der Waals surface area (Å²) in [6, 6.07) is 14.0. The molecule has 1 fully saturated rings. The Morgan fingerprint density at radius 3 is 2.57 bits per heavy atom. The van der Waals surface area contributed by atoms with Crippen molar-refractivity contribution in [2.24, 2.45) is 0 Å². The maximum atomic E-state index is 10.3. The van der Waals surface area contributed by atoms with E-state index in [2.05, 4.69) is 12.1 Å². The minimum absolute atomic E-state index is 0.624. The zero-order valence-electron chi connectivity index (χ0n) is 11.7. The molecule has 108 valence electrons. The SMILES string of the molecule is N=Cc1cc(C2(O)CC2)cc(SCc2ccccc2)c1N. The molecule has 1 saturated carbocycles. The van der Waals surface area contributed by atoms with Crippen LogP contribution in [0.5, 0.6) is 0 Å². The third-order valence-electron chi connectivity index (χ3n) is 3.83. The number of nitrogens with one attached hydrogen (secondary N) is 1. The Bertz CT molecular complexity index is 666. The molecule has 0 bridgehead atoms. The number of thioether (sulfide) groups is 1. The Morgan fingerprint density at radius 2 is 1.95 bits per heavy atom. The third-order valence-corrected chi connectivity index (χ3v) is 4.95. The van der Waals surface area contributed by atoms with Crippen LogP contribution in [0.25, 0.3) is 0 Å². The van der Waals surface area contributed by atoms with E-state index in [-0.39, 0.29) is 0 Å². The van der Waals surface area contributed by atoms with Crippen LogP contribution < -0.4 is 5.73 Å². The molecular weight excluding hydrogens is 280 g/mol. The van der Waals surface area contributed by atoms with E-state index in [0.717, 1.165) is 29.1 Å². The van der Waals surface area contributed by atoms with Crippen LogP contribution in [-0.4, -0.2) is 11.3 Å². The average molecular weight is 298 g/mol. The van der Waals surface area contributed by atoms with Gasteiger partial charge in [-0.15, -0.1) is 11.8 Å². The number of anilines is 1. The highest BCUT2D eigenvalue weighted by Gasteiger charge is 2.42. The van der Waals surface area contributed by atoms with E-state index in [4.69, 9.17) is 11.1 Å². The normalized spacial score (nSPS) is 15.7. The van der Waals surface area contributed by atoms with Crippen molar-refractivity contribution in [3.8, 4) is 0 Å². The van der Waals surface area contributed by atoms with Gasteiger partial charge in [0.2, 0.25) is 0 Å². The largest absolute Gasteiger partial charge is 0.397 e. The van der Waals surface area contributed by atoms with Gasteiger partial charge in [0.15, 0.2) is 0 Å². The fourth-order valence-electron chi connectivity index (χ4n) is 2.30. The summed E-state index contributed by atoms with van der Waals surface area (Å²) in [6.45, 7) is 0. The van der Waals surface area contributed by atoms with E-state index in [1.165, 1.54) is 11.8 Å². The molecule has 0 aromatic heterocycles. The smallest absolute Gasteiger partial charge is 0.0899 e. The fraction of sp³-hybridized carbons (Fsp3) is 0.235. The molecule has 0 spiro atoms. The Hall–Kier alpha value is -1.78. The van der Waals surface area contributed by atoms with Crippen molar-refractivity contribution in [1.82, 2.24) is 0 Å². The van der Waals surface area contributed by atoms with Gasteiger partial charge in [-0.05, 0) is 36.1 Å². The first kappa shape index (κ1) is 14.2. The standard InChI is InChI=1S/C17H18N2OS/c18-10-13-8-14(17(20)6-7-17)9-15(16(13)19)21-11-12-4-2-1-3-5-12/h1-5,8-10,18,20H,6-7,11,19H2. The van der Waals surface area contributed by atoms with Gasteiger partial charge in [0.1, 0.15) is 0 Å². The first-order chi connectivity index (χ1) is 10.1. The lowest BCUT2D eigenvalue weighted by Gasteiger charge is -2.15. The highest BCUT2D eigenvalue weighted by Crippen LogP contribution is 2.47. The maximum Gasteiger partial charge on any atom is 0.0899 e. The second-order valence-corrected chi connectivity index (χ2v) is 6.44. The lowest BCUT2D eigenvalue weighted by Crippen LogP contribution is -2.07. The second-order valence-electron chi connectivity index (χ2n) is 5.43. The van der Waals surface area contributed by atoms with Gasteiger partial charge >= 0.3 is 0 Å². The molecule has 1 aliphatic rings. The lowest BCUT2D eigenvalue weighted by atomic mass is 10.0. The van der Waals surface area contributed by atoms with Crippen molar-refractivity contribution in [3.05, 3.63) is 59.2 Å². The summed E-state index contributed by atoms with van der Waals surface area (Å²) in [6.07, 6.45) is 2.84. The molecule has 0 amide bonds. The van der Waals surface area contributed by atoms with Gasteiger partial charge in [-0.2, -0.15) is 0 Å². The van der Waals surface area contributed by atoms with E-state index < -0.39 is 5.60 Å². The minimum Gasteiger partial charge on any atom is -0.397 e. The van der Waals surface area contributed by atoms with Crippen molar-refractivity contribution < 1.29 is 5.11 Å². The molecule has 21 heavy (non-hydrogen) atoms. The van der Waals surface area contributed by atoms with E-state index in [1.807, 2.05) is 30.3 Å². The summed E-state index contributed by atoms with van der Waals surface area (Å²) in [7, 11) is 0. The quantitative estimate of drug-likeness (QED) is 0.449. The zero-order chi connectivity index (χ0) is 14.9. The minimum atomic E-state index is -0.701. The van der Waals surface area contributed by atoms with Gasteiger partial charge in [0.05, 0.1) is 11.3 Å². The van der Waals surface area contributed by atoms with Gasteiger partial charge in [0, 0.05) is 22.4 Å². The van der Waals surface area contributed by atoms with Crippen molar-refractivity contribution in [1.29, 1.82) is 5.41 Å². The Labute approximate surface area is 128 Å². The van der Waals surface area contributed by atoms with Gasteiger partial charge in [-0.25, -0.2) is 0 Å². The first-order valence-electron chi connectivity index (χ1n) is 6.96. The summed E-state index contributed by atoms with van der Waals surface area (Å²) >= 11 is 1.65. The molecule has 0 saturated heterocycles. The average Bonchev–Trinajstić information content (AvgIpc) is 3.26. The van der Waals surface area contributed by atoms with Crippen LogP contribution >= 0.6 is 11.8 Å². The first-order valence-corrected chi connectivity index (χ1v) is 7.94. The molecule has 1 aliphatic carbocycles. The summed E-state index contributed by atoms with van der Waals surface area (Å²) in [4.78, 5) is 0.940. The zero-order valence-corrected chi connectivity index (χ0v) is 12.5. The summed E-state index contributed by atoms with van der Waals surface area (Å²) in [5.41, 5.74) is 8.85. The maximum absolute atomic E-state index is 10.3. The molecule has 0 aliphatic heterocycles. The topological polar surface area (TPSA) is 70.1 Å². The molecule has 2 aromatic rings. The van der Waals surface area contributed by atoms with Crippen LogP contribution in [-0.2, 0) is 11.4 Å². The van der Waals surface area contributed by atoms with Crippen LogP contribution in [0.3, 0.4) is 0 Å². The number of hydrogen-bond acceptors (Lipinski definition) is 4. The number of nitrogen functional groups attached to an aromatic ring is 1. The predicted octanol–water partition coefficient (Wildman–Crippen LogP) is 3.54. The Kier molecular flexibility index (Phi) is 3.74. The number of aliphatic hydroxyl groups is 1. The second kappa shape index (κ2) is 5.54. The molecule has 0 heterocycles. The van der Waals surface area contributed by atoms with Crippen LogP contribution in [0.2, 0.25) is 0 Å². The molecule has 0 atom stereocenters. The van der Waals surface area contributed by atoms with Gasteiger partial charge in [-0.3, -0.25) is 0 Å². The highest BCUT2D eigenvalue weighted by molar-refractivity contribution is 7.98. The summed E-state index contributed by atoms with van der Waals surface area (Å²) < 4.78 is 0. The summed E-state index contributed by atoms with van der Waals surface area (Å²) in [5, 5.41) is 17.8. The number of hydrogen-bond donors (Lipinski definition) is 3. The van der Waals surface area contributed by atoms with Gasteiger partial charge in [-0.1, -0.05) is 30.3 Å². The number of benzene rings is 2. The van der Waals surface area contributed by atoms with Crippen LogP contribution in [0, 0.1) is 5.41 Å². The van der Waals surface area contributed by atoms with Crippen molar-refractivity contribution in [2.45, 2.75) is 29.1 Å². The van der Waals surface area contributed by atoms with E-state index in [9.17, 15) is 5.11 Å². The number of rotatable bonds is 5. The van der Waals surface area contributed by atoms with E-state index >= 15 is 0 Å². The van der Waals surface area contributed by atoms with E-state index in [0.29, 0.717) is 11.3 Å². The molecule has 3 nitrogen and oxygen atoms in total. The van der Waals surface area contributed by atoms with Gasteiger partial charge in [0.25, 0.3) is 0 Å². The van der Waals surface area contributed by atoms with Crippen molar-refractivity contribution in [2.75, 3.05) is 5.73 Å². The predicted molar refractivity (Wildman–Crippen MR) is 87.9 cm³/mol. The highest BCUT2D eigenvalue weighted by atomic mass is 32.2. The fourth-order valence-corrected chi connectivity index (χ4v) is 3.30. The Morgan fingerprint density at radius 1 is 1.24 bits per heavy atom. The molecular formula is C17H18N2OS. The number of nitrogens with two attached hydrogens (primary N) is 1. The van der Waals surface area contributed by atoms with Crippen molar-refractivity contribution in [3.63, 3.8) is 0 Å². The lowest BCUT2D eigenvalue weighted by molar-refractivity contribution is 0.151. The molecule has 3 rings (SSSR count). The van der Waals surface area contributed by atoms with Crippen molar-refractivity contribution >= 4 is 23.7 Å².